The first kappa shape index (κ1) is 30.3. The first-order valence-corrected chi connectivity index (χ1v) is 17.8. The summed E-state index contributed by atoms with van der Waals surface area (Å²) in [5.74, 6) is -0.223. The van der Waals surface area contributed by atoms with Gasteiger partial charge in [0.25, 0.3) is 6.71 Å². The van der Waals surface area contributed by atoms with Gasteiger partial charge in [0.2, 0.25) is 0 Å². The van der Waals surface area contributed by atoms with Crippen LogP contribution in [0.3, 0.4) is 0 Å². The van der Waals surface area contributed by atoms with Gasteiger partial charge in [-0.3, -0.25) is 0 Å². The van der Waals surface area contributed by atoms with Gasteiger partial charge in [-0.1, -0.05) is 57.2 Å². The van der Waals surface area contributed by atoms with Crippen LogP contribution in [0.25, 0.3) is 20.2 Å². The van der Waals surface area contributed by atoms with Gasteiger partial charge in [0.1, 0.15) is 5.75 Å². The predicted molar refractivity (Wildman–Crippen MR) is 201 cm³/mol. The minimum atomic E-state index is -4.79. The van der Waals surface area contributed by atoms with Crippen molar-refractivity contribution < 1.29 is 17.9 Å². The molecule has 49 heavy (non-hydrogen) atoms. The normalized spacial score (nSPS) is 13.9. The molecule has 0 N–H and O–H groups in total. The van der Waals surface area contributed by atoms with Crippen molar-refractivity contribution in [2.75, 3.05) is 9.80 Å². The highest BCUT2D eigenvalue weighted by Gasteiger charge is 2.45. The first-order chi connectivity index (χ1) is 23.4. The van der Waals surface area contributed by atoms with Gasteiger partial charge in [0.15, 0.2) is 0 Å². The second-order valence-electron chi connectivity index (χ2n) is 13.8. The number of para-hydroxylation sites is 2. The minimum Gasteiger partial charge on any atom is -0.406 e. The lowest BCUT2D eigenvalue weighted by Crippen LogP contribution is -2.60. The number of aryl methyl sites for hydroxylation is 1. The number of halogens is 3. The van der Waals surface area contributed by atoms with Gasteiger partial charge in [-0.25, -0.2) is 0 Å². The van der Waals surface area contributed by atoms with E-state index in [0.717, 1.165) is 54.6 Å². The summed E-state index contributed by atoms with van der Waals surface area (Å²) >= 11 is 3.48. The Balaban J connectivity index is 1.40. The number of hydrogen-bond donors (Lipinski definition) is 0. The summed E-state index contributed by atoms with van der Waals surface area (Å²) in [4.78, 5) is 5.95. The second-order valence-corrected chi connectivity index (χ2v) is 16.0. The molecular weight excluding hydrogens is 656 g/mol. The fourth-order valence-electron chi connectivity index (χ4n) is 7.40. The van der Waals surface area contributed by atoms with Crippen molar-refractivity contribution in [3.05, 3.63) is 120 Å². The standard InChI is InChI=1S/C40H30BF3N2OS2/c1-23-17-31-36-32(18-23)46(26-13-9-6-10-14-26)37-28-21-27(47-40(42,43)44)15-16-33(28)49-38(37)41(36)29-22-34-24(20-35(48-34)39(2,3)4)19-30(29)45(31)25-11-7-5-8-12-25/h5-22H,1-4H3. The maximum absolute atomic E-state index is 13.5. The van der Waals surface area contributed by atoms with Crippen molar-refractivity contribution >= 4 is 99.4 Å². The summed E-state index contributed by atoms with van der Waals surface area (Å²) in [7, 11) is 0. The van der Waals surface area contributed by atoms with Crippen LogP contribution >= 0.6 is 22.7 Å². The molecule has 9 rings (SSSR count). The molecule has 2 aliphatic rings. The molecular formula is C40H30BF3N2OS2. The van der Waals surface area contributed by atoms with Crippen LogP contribution < -0.4 is 30.2 Å². The number of fused-ring (bicyclic) bond motifs is 7. The maximum atomic E-state index is 13.5. The summed E-state index contributed by atoms with van der Waals surface area (Å²) in [6.07, 6.45) is -4.79. The summed E-state index contributed by atoms with van der Waals surface area (Å²) in [5, 5.41) is 1.94. The highest BCUT2D eigenvalue weighted by atomic mass is 32.1. The van der Waals surface area contributed by atoms with E-state index in [2.05, 4.69) is 109 Å². The molecule has 0 atom stereocenters. The first-order valence-electron chi connectivity index (χ1n) is 16.2. The Morgan fingerprint density at radius 3 is 1.98 bits per heavy atom. The minimum absolute atomic E-state index is 0.00637. The summed E-state index contributed by atoms with van der Waals surface area (Å²) < 4.78 is 48.1. The zero-order valence-corrected chi connectivity index (χ0v) is 28.9. The summed E-state index contributed by atoms with van der Waals surface area (Å²) in [6.45, 7) is 8.72. The van der Waals surface area contributed by atoms with Crippen LogP contribution in [0.2, 0.25) is 0 Å². The number of nitrogens with zero attached hydrogens (tertiary/aromatic N) is 2. The van der Waals surface area contributed by atoms with E-state index in [1.165, 1.54) is 32.0 Å². The molecule has 7 aromatic rings. The third-order valence-electron chi connectivity index (χ3n) is 9.42. The number of hydrogen-bond acceptors (Lipinski definition) is 5. The Bertz CT molecular complexity index is 2430. The van der Waals surface area contributed by atoms with Crippen molar-refractivity contribution in [3.63, 3.8) is 0 Å². The molecule has 0 spiro atoms. The molecule has 242 valence electrons. The summed E-state index contributed by atoms with van der Waals surface area (Å²) in [6, 6.07) is 36.9. The molecule has 0 saturated carbocycles. The van der Waals surface area contributed by atoms with E-state index < -0.39 is 6.36 Å². The molecule has 0 aliphatic carbocycles. The molecule has 9 heteroatoms. The number of alkyl halides is 3. The van der Waals surface area contributed by atoms with E-state index >= 15 is 0 Å². The van der Waals surface area contributed by atoms with E-state index in [-0.39, 0.29) is 17.9 Å². The topological polar surface area (TPSA) is 15.7 Å². The molecule has 5 aromatic carbocycles. The number of benzene rings is 5. The molecule has 0 unspecified atom stereocenters. The monoisotopic (exact) mass is 686 g/mol. The Morgan fingerprint density at radius 2 is 1.33 bits per heavy atom. The van der Waals surface area contributed by atoms with Crippen LogP contribution in [0.4, 0.5) is 47.3 Å². The van der Waals surface area contributed by atoms with Gasteiger partial charge in [0, 0.05) is 52.9 Å². The average molecular weight is 687 g/mol. The highest BCUT2D eigenvalue weighted by Crippen LogP contribution is 2.49. The molecule has 0 radical (unpaired) electrons. The lowest BCUT2D eigenvalue weighted by Gasteiger charge is -2.43. The Labute approximate surface area is 290 Å². The van der Waals surface area contributed by atoms with E-state index in [1.807, 2.05) is 35.6 Å². The average Bonchev–Trinajstić information content (AvgIpc) is 3.65. The third kappa shape index (κ3) is 4.85. The fourth-order valence-corrected chi connectivity index (χ4v) is 9.84. The van der Waals surface area contributed by atoms with Crippen molar-refractivity contribution in [1.82, 2.24) is 0 Å². The molecule has 4 heterocycles. The van der Waals surface area contributed by atoms with Gasteiger partial charge in [-0.05, 0) is 107 Å². The SMILES string of the molecule is Cc1cc2c3c(c1)N(c1ccccc1)c1c(sc4ccc(OC(F)(F)F)cc14)B3c1cc3sc(C(C)(C)C)cc3cc1N2c1ccccc1. The van der Waals surface area contributed by atoms with Crippen LogP contribution in [0.5, 0.6) is 5.75 Å². The van der Waals surface area contributed by atoms with Crippen LogP contribution in [0.1, 0.15) is 31.2 Å². The van der Waals surface area contributed by atoms with Gasteiger partial charge in [0.05, 0.1) is 5.69 Å². The number of rotatable bonds is 3. The van der Waals surface area contributed by atoms with Gasteiger partial charge in [-0.2, -0.15) is 0 Å². The third-order valence-corrected chi connectivity index (χ3v) is 12.2. The maximum Gasteiger partial charge on any atom is 0.573 e. The van der Waals surface area contributed by atoms with Crippen molar-refractivity contribution in [3.8, 4) is 5.75 Å². The van der Waals surface area contributed by atoms with Gasteiger partial charge >= 0.3 is 6.36 Å². The van der Waals surface area contributed by atoms with E-state index in [9.17, 15) is 13.2 Å². The zero-order valence-electron chi connectivity index (χ0n) is 27.2. The summed E-state index contributed by atoms with van der Waals surface area (Å²) in [5.41, 5.74) is 9.62. The second kappa shape index (κ2) is 10.6. The Morgan fingerprint density at radius 1 is 0.673 bits per heavy atom. The number of ether oxygens (including phenoxy) is 1. The molecule has 3 nitrogen and oxygen atoms in total. The zero-order chi connectivity index (χ0) is 33.8. The molecule has 0 amide bonds. The van der Waals surface area contributed by atoms with Crippen LogP contribution in [-0.4, -0.2) is 13.1 Å². The molecule has 2 aliphatic heterocycles. The van der Waals surface area contributed by atoms with Crippen LogP contribution in [0, 0.1) is 6.92 Å². The Kier molecular flexibility index (Phi) is 6.59. The van der Waals surface area contributed by atoms with E-state index in [4.69, 9.17) is 0 Å². The van der Waals surface area contributed by atoms with E-state index in [0.29, 0.717) is 0 Å². The number of thiophene rings is 2. The smallest absolute Gasteiger partial charge is 0.406 e. The van der Waals surface area contributed by atoms with Crippen molar-refractivity contribution in [2.45, 2.75) is 39.5 Å². The molecule has 0 bridgehead atoms. The van der Waals surface area contributed by atoms with Crippen LogP contribution in [-0.2, 0) is 5.41 Å². The quantitative estimate of drug-likeness (QED) is 0.172. The molecule has 0 saturated heterocycles. The predicted octanol–water partition coefficient (Wildman–Crippen LogP) is 10.7. The largest absolute Gasteiger partial charge is 0.573 e. The van der Waals surface area contributed by atoms with Crippen molar-refractivity contribution in [1.29, 1.82) is 0 Å². The van der Waals surface area contributed by atoms with Crippen molar-refractivity contribution in [2.24, 2.45) is 0 Å². The Hall–Kier alpha value is -4.73. The number of anilines is 6. The fraction of sp³-hybridized carbons (Fsp3) is 0.150. The lowest BCUT2D eigenvalue weighted by atomic mass is 9.36. The molecule has 0 fully saturated rings. The van der Waals surface area contributed by atoms with Gasteiger partial charge in [-0.15, -0.1) is 35.8 Å². The van der Waals surface area contributed by atoms with Gasteiger partial charge < -0.3 is 14.5 Å². The molecule has 2 aromatic heterocycles. The lowest BCUT2D eigenvalue weighted by molar-refractivity contribution is -0.274. The van der Waals surface area contributed by atoms with Crippen LogP contribution in [0.15, 0.2) is 109 Å². The van der Waals surface area contributed by atoms with E-state index in [1.54, 1.807) is 23.5 Å². The highest BCUT2D eigenvalue weighted by molar-refractivity contribution is 7.33.